The van der Waals surface area contributed by atoms with E-state index in [2.05, 4.69) is 20.7 Å². The van der Waals surface area contributed by atoms with Gasteiger partial charge >= 0.3 is 0 Å². The van der Waals surface area contributed by atoms with Crippen LogP contribution in [0.4, 0.5) is 0 Å². The van der Waals surface area contributed by atoms with Crippen molar-refractivity contribution in [3.8, 4) is 5.69 Å². The highest BCUT2D eigenvalue weighted by Gasteiger charge is 2.24. The molecule has 2 N–H and O–H groups in total. The lowest BCUT2D eigenvalue weighted by Gasteiger charge is -2.12. The molecule has 0 radical (unpaired) electrons. The molecule has 1 atom stereocenters. The molecule has 128 valence electrons. The predicted octanol–water partition coefficient (Wildman–Crippen LogP) is 2.36. The first kappa shape index (κ1) is 15.7. The third kappa shape index (κ3) is 3.11. The summed E-state index contributed by atoms with van der Waals surface area (Å²) in [4.78, 5) is 12.5. The van der Waals surface area contributed by atoms with Gasteiger partial charge in [-0.25, -0.2) is 9.36 Å². The van der Waals surface area contributed by atoms with Crippen molar-refractivity contribution in [2.24, 2.45) is 0 Å². The normalized spacial score (nSPS) is 16.9. The summed E-state index contributed by atoms with van der Waals surface area (Å²) >= 11 is 5.21. The van der Waals surface area contributed by atoms with Crippen LogP contribution in [0.2, 0.25) is 0 Å². The molecule has 1 unspecified atom stereocenters. The second kappa shape index (κ2) is 6.61. The van der Waals surface area contributed by atoms with E-state index in [4.69, 9.17) is 17.0 Å². The van der Waals surface area contributed by atoms with Crippen LogP contribution >= 0.6 is 12.2 Å². The SMILES string of the molecule is O=C(Nn1c(C2CCCO2)n[nH]c1=S)c1ccc(-n2cccn2)cc1. The second-order valence-electron chi connectivity index (χ2n) is 5.66. The molecule has 1 aliphatic rings. The Balaban J connectivity index is 1.54. The van der Waals surface area contributed by atoms with Crippen LogP contribution in [0.25, 0.3) is 5.69 Å². The molecule has 25 heavy (non-hydrogen) atoms. The minimum atomic E-state index is -0.274. The number of nitrogens with one attached hydrogen (secondary N) is 2. The highest BCUT2D eigenvalue weighted by atomic mass is 32.1. The van der Waals surface area contributed by atoms with E-state index in [9.17, 15) is 4.79 Å². The third-order valence-corrected chi connectivity index (χ3v) is 4.30. The first-order chi connectivity index (χ1) is 12.2. The molecule has 0 saturated carbocycles. The minimum absolute atomic E-state index is 0.157. The maximum Gasteiger partial charge on any atom is 0.270 e. The minimum Gasteiger partial charge on any atom is -0.370 e. The molecular weight excluding hydrogens is 340 g/mol. The molecule has 1 amide bonds. The van der Waals surface area contributed by atoms with Crippen LogP contribution in [0.3, 0.4) is 0 Å². The fraction of sp³-hybridized carbons (Fsp3) is 0.250. The van der Waals surface area contributed by atoms with E-state index in [1.807, 2.05) is 24.4 Å². The van der Waals surface area contributed by atoms with Gasteiger partial charge in [0, 0.05) is 24.6 Å². The Labute approximate surface area is 148 Å². The first-order valence-electron chi connectivity index (χ1n) is 7.93. The van der Waals surface area contributed by atoms with Crippen molar-refractivity contribution >= 4 is 18.1 Å². The summed E-state index contributed by atoms with van der Waals surface area (Å²) in [6, 6.07) is 8.98. The fourth-order valence-corrected chi connectivity index (χ4v) is 2.95. The van der Waals surface area contributed by atoms with Crippen LogP contribution in [-0.2, 0) is 4.74 Å². The van der Waals surface area contributed by atoms with Gasteiger partial charge in [0.25, 0.3) is 5.91 Å². The monoisotopic (exact) mass is 356 g/mol. The van der Waals surface area contributed by atoms with Gasteiger partial charge in [0.2, 0.25) is 4.77 Å². The molecule has 1 fully saturated rings. The fourth-order valence-electron chi connectivity index (χ4n) is 2.77. The number of hydrogen-bond acceptors (Lipinski definition) is 5. The van der Waals surface area contributed by atoms with Crippen molar-refractivity contribution in [3.63, 3.8) is 0 Å². The van der Waals surface area contributed by atoms with Gasteiger partial charge in [0.05, 0.1) is 5.69 Å². The topological polar surface area (TPSA) is 89.8 Å². The molecule has 4 rings (SSSR count). The molecule has 1 saturated heterocycles. The van der Waals surface area contributed by atoms with E-state index < -0.39 is 0 Å². The van der Waals surface area contributed by atoms with Gasteiger partial charge in [-0.2, -0.15) is 10.2 Å². The Morgan fingerprint density at radius 1 is 1.36 bits per heavy atom. The second-order valence-corrected chi connectivity index (χ2v) is 6.05. The van der Waals surface area contributed by atoms with Crippen LogP contribution in [-0.4, -0.2) is 37.2 Å². The number of aromatic nitrogens is 5. The van der Waals surface area contributed by atoms with Gasteiger partial charge in [-0.3, -0.25) is 15.3 Å². The van der Waals surface area contributed by atoms with E-state index in [0.29, 0.717) is 22.8 Å². The Kier molecular flexibility index (Phi) is 4.16. The lowest BCUT2D eigenvalue weighted by molar-refractivity contribution is 0.0969. The van der Waals surface area contributed by atoms with E-state index in [0.717, 1.165) is 18.5 Å². The zero-order chi connectivity index (χ0) is 17.2. The summed E-state index contributed by atoms with van der Waals surface area (Å²) in [5.74, 6) is 0.313. The first-order valence-corrected chi connectivity index (χ1v) is 8.33. The number of carbonyl (C=O) groups excluding carboxylic acids is 1. The molecule has 2 aromatic heterocycles. The van der Waals surface area contributed by atoms with Crippen molar-refractivity contribution in [1.29, 1.82) is 0 Å². The third-order valence-electron chi connectivity index (χ3n) is 4.03. The summed E-state index contributed by atoms with van der Waals surface area (Å²) in [5.41, 5.74) is 4.17. The van der Waals surface area contributed by atoms with Crippen molar-refractivity contribution in [2.45, 2.75) is 18.9 Å². The number of H-pyrrole nitrogens is 1. The molecule has 1 aromatic carbocycles. The number of ether oxygens (including phenoxy) is 1. The van der Waals surface area contributed by atoms with Crippen molar-refractivity contribution < 1.29 is 9.53 Å². The van der Waals surface area contributed by atoms with Crippen LogP contribution in [0.15, 0.2) is 42.7 Å². The van der Waals surface area contributed by atoms with Gasteiger partial charge in [0.1, 0.15) is 6.10 Å². The zero-order valence-corrected chi connectivity index (χ0v) is 14.1. The van der Waals surface area contributed by atoms with Crippen molar-refractivity contribution in [3.05, 3.63) is 58.9 Å². The highest BCUT2D eigenvalue weighted by molar-refractivity contribution is 7.71. The summed E-state index contributed by atoms with van der Waals surface area (Å²) in [7, 11) is 0. The van der Waals surface area contributed by atoms with Crippen LogP contribution in [0.5, 0.6) is 0 Å². The molecule has 8 nitrogen and oxygen atoms in total. The quantitative estimate of drug-likeness (QED) is 0.701. The average molecular weight is 356 g/mol. The Morgan fingerprint density at radius 3 is 2.88 bits per heavy atom. The largest absolute Gasteiger partial charge is 0.370 e. The maximum atomic E-state index is 12.5. The van der Waals surface area contributed by atoms with Crippen molar-refractivity contribution in [1.82, 2.24) is 24.7 Å². The molecule has 3 aromatic rings. The van der Waals surface area contributed by atoms with Gasteiger partial charge in [-0.15, -0.1) is 0 Å². The van der Waals surface area contributed by atoms with Gasteiger partial charge < -0.3 is 4.74 Å². The molecule has 0 aliphatic carbocycles. The number of hydrogen-bond donors (Lipinski definition) is 2. The highest BCUT2D eigenvalue weighted by Crippen LogP contribution is 2.26. The molecule has 0 spiro atoms. The van der Waals surface area contributed by atoms with E-state index in [1.165, 1.54) is 4.68 Å². The molecular formula is C16H16N6O2S. The Bertz CT molecular complexity index is 922. The lowest BCUT2D eigenvalue weighted by Crippen LogP contribution is -2.26. The van der Waals surface area contributed by atoms with E-state index in [-0.39, 0.29) is 12.0 Å². The van der Waals surface area contributed by atoms with Gasteiger partial charge in [-0.05, 0) is 55.4 Å². The van der Waals surface area contributed by atoms with Crippen LogP contribution < -0.4 is 5.43 Å². The number of amides is 1. The predicted molar refractivity (Wildman–Crippen MR) is 92.6 cm³/mol. The Morgan fingerprint density at radius 2 is 2.20 bits per heavy atom. The Hall–Kier alpha value is -2.78. The summed E-state index contributed by atoms with van der Waals surface area (Å²) in [5, 5.41) is 11.1. The van der Waals surface area contributed by atoms with Crippen LogP contribution in [0.1, 0.15) is 35.1 Å². The number of aromatic amines is 1. The number of rotatable bonds is 4. The summed E-state index contributed by atoms with van der Waals surface area (Å²) in [6.07, 6.45) is 5.21. The number of benzene rings is 1. The number of carbonyl (C=O) groups is 1. The smallest absolute Gasteiger partial charge is 0.270 e. The number of nitrogens with zero attached hydrogens (tertiary/aromatic N) is 4. The standard InChI is InChI=1S/C16H16N6O2S/c23-15(11-4-6-12(7-5-11)21-9-2-8-17-21)20-22-14(18-19-16(22)25)13-3-1-10-24-13/h2,4-9,13H,1,3,10H2,(H,19,25)(H,20,23). The van der Waals surface area contributed by atoms with Crippen molar-refractivity contribution in [2.75, 3.05) is 12.0 Å². The van der Waals surface area contributed by atoms with E-state index in [1.54, 1.807) is 23.0 Å². The van der Waals surface area contributed by atoms with Crippen LogP contribution in [0, 0.1) is 4.77 Å². The van der Waals surface area contributed by atoms with E-state index >= 15 is 0 Å². The maximum absolute atomic E-state index is 12.5. The molecule has 1 aliphatic heterocycles. The summed E-state index contributed by atoms with van der Waals surface area (Å²) in [6.45, 7) is 0.688. The van der Waals surface area contributed by atoms with Gasteiger partial charge in [-0.1, -0.05) is 0 Å². The van der Waals surface area contributed by atoms with Gasteiger partial charge in [0.15, 0.2) is 5.82 Å². The molecule has 0 bridgehead atoms. The average Bonchev–Trinajstić information content (AvgIpc) is 3.38. The molecule has 3 heterocycles. The zero-order valence-electron chi connectivity index (χ0n) is 13.3. The summed E-state index contributed by atoms with van der Waals surface area (Å²) < 4.78 is 9.16. The molecule has 9 heteroatoms. The lowest BCUT2D eigenvalue weighted by atomic mass is 10.2.